The Morgan fingerprint density at radius 2 is 1.50 bits per heavy atom. The van der Waals surface area contributed by atoms with Crippen molar-refractivity contribution < 1.29 is 21.6 Å². The molecule has 0 saturated carbocycles. The van der Waals surface area contributed by atoms with Gasteiger partial charge in [-0.05, 0) is 29.7 Å². The Labute approximate surface area is 254 Å². The fraction of sp³-hybridized carbons (Fsp3) is 0.214. The molecule has 0 radical (unpaired) electrons. The van der Waals surface area contributed by atoms with E-state index in [1.54, 1.807) is 24.3 Å². The number of nitrogens with one attached hydrogen (secondary N) is 2. The fourth-order valence-corrected chi connectivity index (χ4v) is 6.46. The average Bonchev–Trinajstić information content (AvgIpc) is 3.30. The number of primary sulfonamides is 1. The zero-order valence-electron chi connectivity index (χ0n) is 22.6. The van der Waals surface area contributed by atoms with Gasteiger partial charge in [0.1, 0.15) is 10.0 Å². The van der Waals surface area contributed by atoms with E-state index in [4.69, 9.17) is 16.7 Å². The van der Waals surface area contributed by atoms with Gasteiger partial charge in [-0.1, -0.05) is 95.7 Å². The van der Waals surface area contributed by atoms with Crippen molar-refractivity contribution >= 4 is 59.8 Å². The molecule has 14 heteroatoms. The van der Waals surface area contributed by atoms with Gasteiger partial charge in [-0.15, -0.1) is 0 Å². The molecule has 0 atom stereocenters. The van der Waals surface area contributed by atoms with Crippen molar-refractivity contribution in [3.05, 3.63) is 100 Å². The lowest BCUT2D eigenvalue weighted by atomic mass is 9.88. The number of nitrogens with two attached hydrogens (primary N) is 1. The number of halogens is 1. The Morgan fingerprint density at radius 1 is 0.929 bits per heavy atom. The van der Waals surface area contributed by atoms with Crippen molar-refractivity contribution in [3.8, 4) is 11.3 Å². The molecule has 2 amide bonds. The Bertz CT molecular complexity index is 1680. The van der Waals surface area contributed by atoms with E-state index in [1.807, 2.05) is 60.7 Å². The largest absolute Gasteiger partial charge is 0.323 e. The number of thiazole rings is 1. The first-order valence-electron chi connectivity index (χ1n) is 12.8. The summed E-state index contributed by atoms with van der Waals surface area (Å²) in [7, 11) is -7.24. The zero-order chi connectivity index (χ0) is 30.3. The molecule has 0 aliphatic rings. The zero-order valence-corrected chi connectivity index (χ0v) is 25.8. The van der Waals surface area contributed by atoms with Crippen molar-refractivity contribution in [3.63, 3.8) is 0 Å². The molecule has 3 aromatic carbocycles. The number of sulfonamides is 2. The maximum absolute atomic E-state index is 13.4. The molecule has 0 saturated heterocycles. The van der Waals surface area contributed by atoms with Gasteiger partial charge >= 0.3 is 6.03 Å². The molecule has 10 nitrogen and oxygen atoms in total. The highest BCUT2D eigenvalue weighted by Crippen LogP contribution is 2.36. The number of aromatic nitrogens is 1. The molecular weight excluding hydrogens is 618 g/mol. The number of carbonyl (C=O) groups is 1. The first kappa shape index (κ1) is 31.4. The van der Waals surface area contributed by atoms with Crippen molar-refractivity contribution in [1.29, 1.82) is 0 Å². The summed E-state index contributed by atoms with van der Waals surface area (Å²) >= 11 is 7.48. The predicted molar refractivity (Wildman–Crippen MR) is 169 cm³/mol. The van der Waals surface area contributed by atoms with E-state index in [-0.39, 0.29) is 24.1 Å². The molecule has 42 heavy (non-hydrogen) atoms. The van der Waals surface area contributed by atoms with E-state index in [0.29, 0.717) is 27.7 Å². The van der Waals surface area contributed by atoms with Gasteiger partial charge in [-0.2, -0.15) is 0 Å². The smallest absolute Gasteiger partial charge is 0.323 e. The van der Waals surface area contributed by atoms with Crippen LogP contribution in [0.5, 0.6) is 0 Å². The lowest BCUT2D eigenvalue weighted by molar-refractivity contribution is 0.213. The summed E-state index contributed by atoms with van der Waals surface area (Å²) < 4.78 is 49.2. The molecule has 0 spiro atoms. The molecule has 1 aromatic heterocycles. The monoisotopic (exact) mass is 647 g/mol. The minimum atomic E-state index is -3.82. The van der Waals surface area contributed by atoms with Crippen LogP contribution in [0.4, 0.5) is 15.6 Å². The third kappa shape index (κ3) is 9.26. The van der Waals surface area contributed by atoms with Crippen molar-refractivity contribution in [1.82, 2.24) is 9.88 Å². The number of hydrogen-bond donors (Lipinski definition) is 3. The molecule has 0 bridgehead atoms. The summed E-state index contributed by atoms with van der Waals surface area (Å²) in [5, 5.41) is 8.22. The highest BCUT2D eigenvalue weighted by molar-refractivity contribution is 7.92. The summed E-state index contributed by atoms with van der Waals surface area (Å²) in [5.74, 6) is -0.433. The van der Waals surface area contributed by atoms with E-state index < -0.39 is 31.8 Å². The van der Waals surface area contributed by atoms with Gasteiger partial charge in [0.25, 0.3) is 0 Å². The Balaban J connectivity index is 1.52. The normalized spacial score (nSPS) is 11.8. The summed E-state index contributed by atoms with van der Waals surface area (Å²) in [5.41, 5.74) is 3.56. The van der Waals surface area contributed by atoms with Crippen LogP contribution in [0.25, 0.3) is 11.3 Å². The van der Waals surface area contributed by atoms with Gasteiger partial charge in [-0.3, -0.25) is 10.0 Å². The third-order valence-electron chi connectivity index (χ3n) is 6.29. The Morgan fingerprint density at radius 3 is 2.02 bits per heavy atom. The van der Waals surface area contributed by atoms with Crippen LogP contribution in [0.3, 0.4) is 0 Å². The number of anilines is 2. The Kier molecular flexibility index (Phi) is 10.2. The first-order valence-corrected chi connectivity index (χ1v) is 17.6. The van der Waals surface area contributed by atoms with E-state index in [2.05, 4.69) is 15.0 Å². The van der Waals surface area contributed by atoms with Crippen LogP contribution in [0, 0.1) is 0 Å². The minimum absolute atomic E-state index is 0.0294. The molecule has 0 fully saturated rings. The molecule has 4 N–H and O–H groups in total. The number of hydrogen-bond acceptors (Lipinski definition) is 7. The number of amides is 2. The van der Waals surface area contributed by atoms with E-state index in [0.717, 1.165) is 28.7 Å². The molecule has 4 rings (SSSR count). The van der Waals surface area contributed by atoms with E-state index in [9.17, 15) is 21.6 Å². The maximum atomic E-state index is 13.4. The van der Waals surface area contributed by atoms with E-state index >= 15 is 0 Å². The predicted octanol–water partition coefficient (Wildman–Crippen LogP) is 5.18. The molecule has 0 aliphatic heterocycles. The van der Waals surface area contributed by atoms with Crippen LogP contribution in [-0.4, -0.2) is 57.8 Å². The molecule has 222 valence electrons. The maximum Gasteiger partial charge on any atom is 0.323 e. The molecule has 1 heterocycles. The topological polar surface area (TPSA) is 152 Å². The second kappa shape index (κ2) is 13.7. The first-order chi connectivity index (χ1) is 19.9. The second-order valence-electron chi connectivity index (χ2n) is 9.54. The van der Waals surface area contributed by atoms with Crippen molar-refractivity contribution in [2.75, 3.05) is 35.1 Å². The van der Waals surface area contributed by atoms with Crippen LogP contribution < -0.4 is 15.2 Å². The van der Waals surface area contributed by atoms with Gasteiger partial charge in [-0.25, -0.2) is 31.8 Å². The summed E-state index contributed by atoms with van der Waals surface area (Å²) in [6.07, 6.45) is 1.59. The van der Waals surface area contributed by atoms with Crippen LogP contribution in [0.2, 0.25) is 4.34 Å². The van der Waals surface area contributed by atoms with Crippen molar-refractivity contribution in [2.45, 2.75) is 12.3 Å². The SMILES string of the molecule is CS(=O)(=O)Nc1ccc(-c2nc(NC(=O)N(CCC(c3ccccc3)c3ccccc3)CCS(N)(=O)=O)sc2Cl)cc1. The van der Waals surface area contributed by atoms with Gasteiger partial charge < -0.3 is 4.90 Å². The standard InChI is InChI=1S/C28H30ClN5O5S3/c1-41(36,37)33-23-14-12-22(13-15-23)25-26(29)40-27(31-25)32-28(35)34(18-19-42(30,38)39)17-16-24(20-8-4-2-5-9-20)21-10-6-3-7-11-21/h2-15,24,33H,16-19H2,1H3,(H2,30,38,39)(H,31,32,35). The van der Waals surface area contributed by atoms with Gasteiger partial charge in [0.2, 0.25) is 20.0 Å². The molecule has 0 aliphatic carbocycles. The summed E-state index contributed by atoms with van der Waals surface area (Å²) in [6, 6.07) is 25.7. The third-order valence-corrected chi connectivity index (χ3v) is 8.81. The van der Waals surface area contributed by atoms with Crippen LogP contribution in [0.15, 0.2) is 84.9 Å². The lowest BCUT2D eigenvalue weighted by Crippen LogP contribution is -2.40. The number of rotatable bonds is 12. The number of carbonyl (C=O) groups excluding carboxylic acids is 1. The minimum Gasteiger partial charge on any atom is -0.323 e. The van der Waals surface area contributed by atoms with Crippen LogP contribution in [0.1, 0.15) is 23.5 Å². The average molecular weight is 648 g/mol. The van der Waals surface area contributed by atoms with Gasteiger partial charge in [0.15, 0.2) is 5.13 Å². The summed E-state index contributed by atoms with van der Waals surface area (Å²) in [6.45, 7) is 0.137. The highest BCUT2D eigenvalue weighted by Gasteiger charge is 2.22. The van der Waals surface area contributed by atoms with Crippen molar-refractivity contribution in [2.24, 2.45) is 5.14 Å². The number of nitrogens with zero attached hydrogens (tertiary/aromatic N) is 2. The molecule has 4 aromatic rings. The second-order valence-corrected chi connectivity index (χ2v) is 14.6. The quantitative estimate of drug-likeness (QED) is 0.193. The number of urea groups is 1. The van der Waals surface area contributed by atoms with Gasteiger partial charge in [0.05, 0.1) is 12.0 Å². The van der Waals surface area contributed by atoms with Crippen LogP contribution >= 0.6 is 22.9 Å². The molecular formula is C28H30ClN5O5S3. The number of benzene rings is 3. The van der Waals surface area contributed by atoms with Gasteiger partial charge in [0, 0.05) is 30.3 Å². The fourth-order valence-electron chi connectivity index (χ4n) is 4.35. The summed E-state index contributed by atoms with van der Waals surface area (Å²) in [4.78, 5) is 19.2. The molecule has 0 unspecified atom stereocenters. The Hall–Kier alpha value is -3.49. The lowest BCUT2D eigenvalue weighted by Gasteiger charge is -2.25. The van der Waals surface area contributed by atoms with E-state index in [1.165, 1.54) is 4.90 Å². The highest BCUT2D eigenvalue weighted by atomic mass is 35.5. The van der Waals surface area contributed by atoms with Crippen LogP contribution in [-0.2, 0) is 20.0 Å².